The summed E-state index contributed by atoms with van der Waals surface area (Å²) in [5.41, 5.74) is 10.1. The Hall–Kier alpha value is -6.36. The van der Waals surface area contributed by atoms with Gasteiger partial charge in [0.15, 0.2) is 11.5 Å². The molecular formula is C44H42N6O5. The van der Waals surface area contributed by atoms with Gasteiger partial charge in [0.2, 0.25) is 12.7 Å². The fraction of sp³-hybridized carbons (Fsp3) is 0.273. The number of anilines is 1. The van der Waals surface area contributed by atoms with Crippen molar-refractivity contribution in [2.24, 2.45) is 14.1 Å². The number of fused-ring (bicyclic) bond motifs is 4. The van der Waals surface area contributed by atoms with E-state index < -0.39 is 0 Å². The van der Waals surface area contributed by atoms with Crippen LogP contribution < -0.4 is 14.4 Å². The molecule has 3 aliphatic heterocycles. The molecule has 55 heavy (non-hydrogen) atoms. The summed E-state index contributed by atoms with van der Waals surface area (Å²) in [4.78, 5) is 52.8. The smallest absolute Gasteiger partial charge is 0.259 e. The van der Waals surface area contributed by atoms with Crippen LogP contribution >= 0.6 is 0 Å². The Morgan fingerprint density at radius 2 is 1.62 bits per heavy atom. The number of carbonyl (C=O) groups excluding carboxylic acids is 3. The normalized spacial score (nSPS) is 15.7. The highest BCUT2D eigenvalue weighted by Gasteiger charge is 2.33. The second-order valence-electron chi connectivity index (χ2n) is 15.0. The SMILES string of the molecule is Cc1c(C(=O)N(C)c2cnc3c(ccn3C)c2)cc(-c2cc3c(cc2C(=O)N2Cc4ccccc4C[C@H]2C)CN(C(=O)Cc2ccc4c(c2)OCO4)C3)n1C. The van der Waals surface area contributed by atoms with Gasteiger partial charge in [-0.05, 0) is 90.6 Å². The Balaban J connectivity index is 1.07. The lowest BCUT2D eigenvalue weighted by Gasteiger charge is -2.35. The summed E-state index contributed by atoms with van der Waals surface area (Å²) in [6, 6.07) is 23.8. The fourth-order valence-electron chi connectivity index (χ4n) is 8.26. The Morgan fingerprint density at radius 1 is 0.855 bits per heavy atom. The van der Waals surface area contributed by atoms with Crippen molar-refractivity contribution >= 4 is 34.4 Å². The maximum absolute atomic E-state index is 14.8. The number of ether oxygens (including phenoxy) is 2. The van der Waals surface area contributed by atoms with Gasteiger partial charge in [-0.2, -0.15) is 0 Å². The maximum atomic E-state index is 14.8. The second-order valence-corrected chi connectivity index (χ2v) is 15.0. The quantitative estimate of drug-likeness (QED) is 0.192. The molecule has 11 nitrogen and oxygen atoms in total. The molecule has 0 spiro atoms. The Bertz CT molecular complexity index is 2570. The molecule has 3 aromatic carbocycles. The van der Waals surface area contributed by atoms with Crippen molar-refractivity contribution in [3.63, 3.8) is 0 Å². The van der Waals surface area contributed by atoms with Gasteiger partial charge < -0.3 is 33.3 Å². The van der Waals surface area contributed by atoms with Crippen molar-refractivity contribution < 1.29 is 23.9 Å². The van der Waals surface area contributed by atoms with E-state index in [-0.39, 0.29) is 37.0 Å². The Kier molecular flexibility index (Phi) is 8.25. The number of aromatic nitrogens is 3. The van der Waals surface area contributed by atoms with Gasteiger partial charge in [-0.1, -0.05) is 30.3 Å². The van der Waals surface area contributed by atoms with Crippen molar-refractivity contribution in [3.05, 3.63) is 130 Å². The van der Waals surface area contributed by atoms with Crippen molar-refractivity contribution in [2.75, 3.05) is 18.7 Å². The largest absolute Gasteiger partial charge is 0.454 e. The van der Waals surface area contributed by atoms with Crippen LogP contribution in [0.3, 0.4) is 0 Å². The van der Waals surface area contributed by atoms with Gasteiger partial charge in [0.1, 0.15) is 5.65 Å². The third-order valence-electron chi connectivity index (χ3n) is 11.6. The number of aryl methyl sites for hydroxylation is 1. The van der Waals surface area contributed by atoms with Crippen molar-refractivity contribution in [1.82, 2.24) is 23.9 Å². The van der Waals surface area contributed by atoms with Crippen molar-refractivity contribution in [1.29, 1.82) is 0 Å². The standard InChI is InChI=1S/C44H42N6O5/c1-26-14-29-8-6-7-9-31(29)24-50(26)44(53)37-19-33-23-49(41(51)16-28-10-11-39-40(15-28)55-25-54-39)22-32(33)18-36(37)38-20-35(27(2)47(38)4)43(52)48(5)34-17-30-12-13-46(3)42(30)45-21-34/h6-13,15,17-21,26H,14,16,22-25H2,1-5H3/t26-/m1/s1. The average Bonchev–Trinajstić information content (AvgIpc) is 3.99. The monoisotopic (exact) mass is 734 g/mol. The summed E-state index contributed by atoms with van der Waals surface area (Å²) < 4.78 is 14.9. The first kappa shape index (κ1) is 34.4. The highest BCUT2D eigenvalue weighted by Crippen LogP contribution is 2.38. The molecule has 3 amide bonds. The molecular weight excluding hydrogens is 693 g/mol. The van der Waals surface area contributed by atoms with E-state index in [1.807, 2.05) is 101 Å². The predicted molar refractivity (Wildman–Crippen MR) is 209 cm³/mol. The highest BCUT2D eigenvalue weighted by atomic mass is 16.7. The van der Waals surface area contributed by atoms with Crippen LogP contribution in [0.2, 0.25) is 0 Å². The molecule has 278 valence electrons. The number of carbonyl (C=O) groups is 3. The number of amides is 3. The lowest BCUT2D eigenvalue weighted by atomic mass is 9.92. The number of rotatable bonds is 6. The molecule has 0 unspecified atom stereocenters. The summed E-state index contributed by atoms with van der Waals surface area (Å²) in [6.07, 6.45) is 4.65. The molecule has 9 rings (SSSR count). The lowest BCUT2D eigenvalue weighted by Crippen LogP contribution is -2.42. The number of benzene rings is 3. The van der Waals surface area contributed by atoms with E-state index in [2.05, 4.69) is 30.1 Å². The van der Waals surface area contributed by atoms with E-state index in [0.29, 0.717) is 47.9 Å². The summed E-state index contributed by atoms with van der Waals surface area (Å²) >= 11 is 0. The average molecular weight is 735 g/mol. The van der Waals surface area contributed by atoms with E-state index >= 15 is 0 Å². The minimum Gasteiger partial charge on any atom is -0.454 e. The van der Waals surface area contributed by atoms with E-state index in [0.717, 1.165) is 56.7 Å². The third-order valence-corrected chi connectivity index (χ3v) is 11.6. The molecule has 0 N–H and O–H groups in total. The van der Waals surface area contributed by atoms with E-state index in [1.165, 1.54) is 5.56 Å². The Morgan fingerprint density at radius 3 is 2.44 bits per heavy atom. The first-order valence-electron chi connectivity index (χ1n) is 18.6. The first-order chi connectivity index (χ1) is 26.5. The molecule has 0 bridgehead atoms. The number of pyridine rings is 1. The lowest BCUT2D eigenvalue weighted by molar-refractivity contribution is -0.131. The third kappa shape index (κ3) is 5.90. The molecule has 0 aliphatic carbocycles. The molecule has 3 aromatic heterocycles. The fourth-order valence-corrected chi connectivity index (χ4v) is 8.26. The number of hydrogen-bond acceptors (Lipinski definition) is 6. The van der Waals surface area contributed by atoms with Crippen LogP contribution in [-0.2, 0) is 51.4 Å². The number of nitrogens with zero attached hydrogens (tertiary/aromatic N) is 6. The highest BCUT2D eigenvalue weighted by molar-refractivity contribution is 6.09. The second kappa shape index (κ2) is 13.2. The van der Waals surface area contributed by atoms with Crippen LogP contribution in [0.25, 0.3) is 22.3 Å². The van der Waals surface area contributed by atoms with E-state index in [1.54, 1.807) is 18.1 Å². The summed E-state index contributed by atoms with van der Waals surface area (Å²) in [5, 5.41) is 0.949. The van der Waals surface area contributed by atoms with E-state index in [9.17, 15) is 14.4 Å². The molecule has 6 heterocycles. The van der Waals surface area contributed by atoms with Gasteiger partial charge in [0.05, 0.1) is 23.9 Å². The Labute approximate surface area is 319 Å². The zero-order valence-corrected chi connectivity index (χ0v) is 31.6. The number of hydrogen-bond donors (Lipinski definition) is 0. The van der Waals surface area contributed by atoms with Crippen LogP contribution in [-0.4, -0.2) is 61.5 Å². The molecule has 11 heteroatoms. The van der Waals surface area contributed by atoms with Gasteiger partial charge in [0.25, 0.3) is 11.8 Å². The zero-order valence-electron chi connectivity index (χ0n) is 31.6. The van der Waals surface area contributed by atoms with Gasteiger partial charge in [-0.25, -0.2) is 4.98 Å². The van der Waals surface area contributed by atoms with Crippen LogP contribution in [0.4, 0.5) is 5.69 Å². The predicted octanol–water partition coefficient (Wildman–Crippen LogP) is 6.56. The van der Waals surface area contributed by atoms with Gasteiger partial charge in [-0.15, -0.1) is 0 Å². The topological polar surface area (TPSA) is 102 Å². The minimum absolute atomic E-state index is 0.0141. The molecule has 0 saturated carbocycles. The molecule has 1 atom stereocenters. The van der Waals surface area contributed by atoms with Crippen LogP contribution in [0.15, 0.2) is 85.2 Å². The molecule has 6 aromatic rings. The van der Waals surface area contributed by atoms with E-state index in [4.69, 9.17) is 9.47 Å². The summed E-state index contributed by atoms with van der Waals surface area (Å²) in [5.74, 6) is 1.06. The van der Waals surface area contributed by atoms with Gasteiger partial charge in [0, 0.05) is 80.9 Å². The molecule has 0 saturated heterocycles. The summed E-state index contributed by atoms with van der Waals surface area (Å²) in [6.45, 7) is 5.53. The van der Waals surface area contributed by atoms with Crippen molar-refractivity contribution in [2.45, 2.75) is 52.4 Å². The molecule has 3 aliphatic rings. The zero-order chi connectivity index (χ0) is 38.1. The van der Waals surface area contributed by atoms with Crippen LogP contribution in [0, 0.1) is 6.92 Å². The minimum atomic E-state index is -0.174. The van der Waals surface area contributed by atoms with Crippen LogP contribution in [0.1, 0.15) is 61.2 Å². The van der Waals surface area contributed by atoms with Gasteiger partial charge >= 0.3 is 0 Å². The first-order valence-corrected chi connectivity index (χ1v) is 18.6. The summed E-state index contributed by atoms with van der Waals surface area (Å²) in [7, 11) is 5.63. The van der Waals surface area contributed by atoms with Crippen LogP contribution in [0.5, 0.6) is 11.5 Å². The maximum Gasteiger partial charge on any atom is 0.259 e. The van der Waals surface area contributed by atoms with Gasteiger partial charge in [-0.3, -0.25) is 14.4 Å². The molecule has 0 radical (unpaired) electrons. The molecule has 0 fully saturated rings. The van der Waals surface area contributed by atoms with Crippen molar-refractivity contribution in [3.8, 4) is 22.8 Å².